The second-order valence-electron chi connectivity index (χ2n) is 6.07. The molecule has 0 saturated carbocycles. The van der Waals surface area contributed by atoms with Crippen molar-refractivity contribution in [1.82, 2.24) is 4.90 Å². The molecule has 1 aliphatic rings. The van der Waals surface area contributed by atoms with Crippen molar-refractivity contribution < 1.29 is 23.7 Å². The molecule has 2 aromatic rings. The van der Waals surface area contributed by atoms with Gasteiger partial charge in [0.05, 0.1) is 20.3 Å². The first-order chi connectivity index (χ1) is 13.1. The fourth-order valence-electron chi connectivity index (χ4n) is 2.69. The molecule has 1 heterocycles. The maximum Gasteiger partial charge on any atom is 0.260 e. The minimum Gasteiger partial charge on any atom is -0.497 e. The summed E-state index contributed by atoms with van der Waals surface area (Å²) in [7, 11) is 1.61. The molecule has 0 aliphatic carbocycles. The van der Waals surface area contributed by atoms with Gasteiger partial charge in [-0.2, -0.15) is 0 Å². The molecule has 0 N–H and O–H groups in total. The van der Waals surface area contributed by atoms with E-state index in [2.05, 4.69) is 0 Å². The van der Waals surface area contributed by atoms with Crippen LogP contribution >= 0.6 is 11.6 Å². The lowest BCUT2D eigenvalue weighted by Gasteiger charge is -2.32. The molecule has 1 atom stereocenters. The third kappa shape index (κ3) is 5.77. The molecule has 1 unspecified atom stereocenters. The van der Waals surface area contributed by atoms with Gasteiger partial charge in [-0.3, -0.25) is 4.79 Å². The molecule has 1 amide bonds. The zero-order valence-electron chi connectivity index (χ0n) is 15.1. The van der Waals surface area contributed by atoms with Gasteiger partial charge < -0.3 is 23.8 Å². The number of rotatable bonds is 7. The van der Waals surface area contributed by atoms with Crippen LogP contribution in [0.15, 0.2) is 48.5 Å². The van der Waals surface area contributed by atoms with Crippen molar-refractivity contribution in [2.75, 3.05) is 40.0 Å². The van der Waals surface area contributed by atoms with E-state index in [1.54, 1.807) is 36.3 Å². The van der Waals surface area contributed by atoms with Crippen molar-refractivity contribution in [3.8, 4) is 17.2 Å². The molecule has 0 spiro atoms. The third-order valence-corrected chi connectivity index (χ3v) is 4.40. The molecular formula is C20H22ClNO5. The summed E-state index contributed by atoms with van der Waals surface area (Å²) in [5.74, 6) is 1.96. The van der Waals surface area contributed by atoms with Crippen LogP contribution in [-0.4, -0.2) is 56.9 Å². The number of methoxy groups -OCH3 is 1. The second kappa shape index (κ2) is 9.48. The number of ether oxygens (including phenoxy) is 4. The second-order valence-corrected chi connectivity index (χ2v) is 6.50. The average molecular weight is 392 g/mol. The highest BCUT2D eigenvalue weighted by atomic mass is 35.5. The Kier molecular flexibility index (Phi) is 6.79. The molecule has 27 heavy (non-hydrogen) atoms. The van der Waals surface area contributed by atoms with E-state index in [1.165, 1.54) is 0 Å². The van der Waals surface area contributed by atoms with E-state index in [4.69, 9.17) is 30.5 Å². The van der Waals surface area contributed by atoms with Gasteiger partial charge in [-0.25, -0.2) is 0 Å². The normalized spacial score (nSPS) is 16.7. The Morgan fingerprint density at radius 2 is 1.93 bits per heavy atom. The Morgan fingerprint density at radius 1 is 1.15 bits per heavy atom. The minimum absolute atomic E-state index is 0.0227. The van der Waals surface area contributed by atoms with E-state index in [9.17, 15) is 4.79 Å². The van der Waals surface area contributed by atoms with Crippen LogP contribution in [0.3, 0.4) is 0 Å². The zero-order valence-corrected chi connectivity index (χ0v) is 15.9. The fraction of sp³-hybridized carbons (Fsp3) is 0.350. The summed E-state index contributed by atoms with van der Waals surface area (Å²) in [5, 5.41) is 0.626. The topological polar surface area (TPSA) is 57.2 Å². The molecular weight excluding hydrogens is 370 g/mol. The Balaban J connectivity index is 1.46. The van der Waals surface area contributed by atoms with Crippen LogP contribution in [0.25, 0.3) is 0 Å². The largest absolute Gasteiger partial charge is 0.497 e. The van der Waals surface area contributed by atoms with Gasteiger partial charge in [0.15, 0.2) is 6.61 Å². The lowest BCUT2D eigenvalue weighted by Crippen LogP contribution is -2.49. The zero-order chi connectivity index (χ0) is 19.1. The van der Waals surface area contributed by atoms with Crippen LogP contribution in [0.2, 0.25) is 5.02 Å². The summed E-state index contributed by atoms with van der Waals surface area (Å²) in [6.45, 7) is 1.81. The van der Waals surface area contributed by atoms with Crippen LogP contribution in [0.1, 0.15) is 0 Å². The molecule has 1 saturated heterocycles. The molecule has 2 aromatic carbocycles. The van der Waals surface area contributed by atoms with Crippen molar-refractivity contribution >= 4 is 17.5 Å². The van der Waals surface area contributed by atoms with E-state index in [1.807, 2.05) is 24.3 Å². The number of amides is 1. The van der Waals surface area contributed by atoms with Crippen LogP contribution in [0.4, 0.5) is 0 Å². The standard InChI is InChI=1S/C20H22ClNO5/c1-24-17-3-2-4-18(11-17)26-13-19-12-22(9-10-25-19)20(23)14-27-16-7-5-15(21)6-8-16/h2-8,11,19H,9-10,12-14H2,1H3. The molecule has 144 valence electrons. The smallest absolute Gasteiger partial charge is 0.260 e. The molecule has 0 aromatic heterocycles. The third-order valence-electron chi connectivity index (χ3n) is 4.14. The number of carbonyl (C=O) groups excluding carboxylic acids is 1. The SMILES string of the molecule is COc1cccc(OCC2CN(C(=O)COc3ccc(Cl)cc3)CCO2)c1. The highest BCUT2D eigenvalue weighted by Crippen LogP contribution is 2.20. The highest BCUT2D eigenvalue weighted by Gasteiger charge is 2.25. The summed E-state index contributed by atoms with van der Waals surface area (Å²) < 4.78 is 22.2. The lowest BCUT2D eigenvalue weighted by molar-refractivity contribution is -0.142. The van der Waals surface area contributed by atoms with Crippen molar-refractivity contribution in [3.05, 3.63) is 53.6 Å². The predicted molar refractivity (Wildman–Crippen MR) is 102 cm³/mol. The van der Waals surface area contributed by atoms with E-state index in [0.717, 1.165) is 5.75 Å². The number of carbonyl (C=O) groups is 1. The van der Waals surface area contributed by atoms with Gasteiger partial charge in [-0.05, 0) is 36.4 Å². The van der Waals surface area contributed by atoms with Crippen molar-refractivity contribution in [3.63, 3.8) is 0 Å². The number of halogens is 1. The monoisotopic (exact) mass is 391 g/mol. The van der Waals surface area contributed by atoms with Gasteiger partial charge in [0, 0.05) is 17.6 Å². The first kappa shape index (κ1) is 19.3. The molecule has 1 fully saturated rings. The number of hydrogen-bond acceptors (Lipinski definition) is 5. The molecule has 1 aliphatic heterocycles. The predicted octanol–water partition coefficient (Wildman–Crippen LogP) is 3.03. The fourth-order valence-corrected chi connectivity index (χ4v) is 2.82. The Bertz CT molecular complexity index is 752. The Labute approximate surface area is 163 Å². The Morgan fingerprint density at radius 3 is 2.70 bits per heavy atom. The Hall–Kier alpha value is -2.44. The summed E-state index contributed by atoms with van der Waals surface area (Å²) in [4.78, 5) is 14.1. The first-order valence-electron chi connectivity index (χ1n) is 8.68. The number of nitrogens with zero attached hydrogens (tertiary/aromatic N) is 1. The summed E-state index contributed by atoms with van der Waals surface area (Å²) in [6.07, 6.45) is -0.190. The molecule has 0 radical (unpaired) electrons. The minimum atomic E-state index is -0.190. The van der Waals surface area contributed by atoms with E-state index < -0.39 is 0 Å². The van der Waals surface area contributed by atoms with Gasteiger partial charge in [-0.15, -0.1) is 0 Å². The summed E-state index contributed by atoms with van der Waals surface area (Å²) in [5.41, 5.74) is 0. The van der Waals surface area contributed by atoms with E-state index >= 15 is 0 Å². The molecule has 6 nitrogen and oxygen atoms in total. The maximum atomic E-state index is 12.4. The van der Waals surface area contributed by atoms with Gasteiger partial charge in [0.25, 0.3) is 5.91 Å². The van der Waals surface area contributed by atoms with Gasteiger partial charge in [0.1, 0.15) is 30.0 Å². The number of hydrogen-bond donors (Lipinski definition) is 0. The highest BCUT2D eigenvalue weighted by molar-refractivity contribution is 6.30. The summed E-state index contributed by atoms with van der Waals surface area (Å²) >= 11 is 5.84. The lowest BCUT2D eigenvalue weighted by atomic mass is 10.2. The van der Waals surface area contributed by atoms with Crippen LogP contribution < -0.4 is 14.2 Å². The number of benzene rings is 2. The van der Waals surface area contributed by atoms with Crippen LogP contribution in [0, 0.1) is 0 Å². The molecule has 0 bridgehead atoms. The van der Waals surface area contributed by atoms with Crippen molar-refractivity contribution in [2.45, 2.75) is 6.10 Å². The van der Waals surface area contributed by atoms with Crippen molar-refractivity contribution in [1.29, 1.82) is 0 Å². The van der Waals surface area contributed by atoms with Crippen LogP contribution in [0.5, 0.6) is 17.2 Å². The molecule has 7 heteroatoms. The summed E-state index contributed by atoms with van der Waals surface area (Å²) in [6, 6.07) is 14.3. The quantitative estimate of drug-likeness (QED) is 0.726. The maximum absolute atomic E-state index is 12.4. The van der Waals surface area contributed by atoms with E-state index in [-0.39, 0.29) is 18.6 Å². The van der Waals surface area contributed by atoms with Gasteiger partial charge >= 0.3 is 0 Å². The van der Waals surface area contributed by atoms with Gasteiger partial charge in [0.2, 0.25) is 0 Å². The van der Waals surface area contributed by atoms with Crippen LogP contribution in [-0.2, 0) is 9.53 Å². The van der Waals surface area contributed by atoms with Crippen molar-refractivity contribution in [2.24, 2.45) is 0 Å². The molecule has 3 rings (SSSR count). The first-order valence-corrected chi connectivity index (χ1v) is 9.06. The number of morpholine rings is 1. The average Bonchev–Trinajstić information content (AvgIpc) is 2.72. The van der Waals surface area contributed by atoms with Gasteiger partial charge in [-0.1, -0.05) is 17.7 Å². The van der Waals surface area contributed by atoms with E-state index in [0.29, 0.717) is 42.8 Å².